The van der Waals surface area contributed by atoms with E-state index in [0.29, 0.717) is 0 Å². The summed E-state index contributed by atoms with van der Waals surface area (Å²) in [6.45, 7) is 18.8. The molecule has 1 heterocycles. The SMILES string of the molecule is C=C1C(C)=C(C)N(C)C(=C)N1c1cc(C(C)=CC(=O)NC)c(C)cc1C. The summed E-state index contributed by atoms with van der Waals surface area (Å²) in [5, 5.41) is 2.64. The maximum absolute atomic E-state index is 11.7. The lowest BCUT2D eigenvalue weighted by Crippen LogP contribution is -2.36. The molecule has 4 nitrogen and oxygen atoms in total. The Bertz CT molecular complexity index is 858. The van der Waals surface area contributed by atoms with Crippen molar-refractivity contribution in [1.29, 1.82) is 0 Å². The number of benzene rings is 1. The van der Waals surface area contributed by atoms with Crippen molar-refractivity contribution < 1.29 is 4.79 Å². The lowest BCUT2D eigenvalue weighted by molar-refractivity contribution is -0.116. The molecule has 1 aromatic carbocycles. The first-order chi connectivity index (χ1) is 12.1. The molecule has 1 amide bonds. The van der Waals surface area contributed by atoms with Gasteiger partial charge in [-0.15, -0.1) is 0 Å². The molecule has 26 heavy (non-hydrogen) atoms. The molecule has 0 unspecified atom stereocenters. The average Bonchev–Trinajstić information content (AvgIpc) is 2.59. The van der Waals surface area contributed by atoms with Gasteiger partial charge in [0.2, 0.25) is 5.91 Å². The normalized spacial score (nSPS) is 15.7. The van der Waals surface area contributed by atoms with Gasteiger partial charge in [0.1, 0.15) is 5.82 Å². The van der Waals surface area contributed by atoms with Crippen molar-refractivity contribution in [2.45, 2.75) is 34.6 Å². The zero-order valence-electron chi connectivity index (χ0n) is 16.9. The lowest BCUT2D eigenvalue weighted by Gasteiger charge is -2.41. The van der Waals surface area contributed by atoms with Crippen LogP contribution in [0.15, 0.2) is 54.2 Å². The fraction of sp³-hybridized carbons (Fsp3) is 0.318. The summed E-state index contributed by atoms with van der Waals surface area (Å²) in [6, 6.07) is 4.27. The van der Waals surface area contributed by atoms with Crippen LogP contribution >= 0.6 is 0 Å². The molecule has 138 valence electrons. The number of allylic oxidation sites excluding steroid dienone is 3. The second kappa shape index (κ2) is 7.24. The van der Waals surface area contributed by atoms with Crippen LogP contribution in [0.4, 0.5) is 5.69 Å². The van der Waals surface area contributed by atoms with Gasteiger partial charge in [-0.1, -0.05) is 19.2 Å². The fourth-order valence-electron chi connectivity index (χ4n) is 3.27. The van der Waals surface area contributed by atoms with E-state index >= 15 is 0 Å². The third kappa shape index (κ3) is 3.32. The summed E-state index contributed by atoms with van der Waals surface area (Å²) >= 11 is 0. The van der Waals surface area contributed by atoms with Crippen LogP contribution in [0.3, 0.4) is 0 Å². The zero-order chi connectivity index (χ0) is 19.8. The molecule has 0 fully saturated rings. The smallest absolute Gasteiger partial charge is 0.244 e. The third-order valence-electron chi connectivity index (χ3n) is 5.20. The standard InChI is InChI=1S/C22H29N3O/c1-13-10-15(3)21(12-20(13)14(2)11-22(26)23-8)25-18(6)16(4)17(5)24(9)19(25)7/h10-12H,6-7H2,1-5,8-9H3,(H,23,26). The zero-order valence-corrected chi connectivity index (χ0v) is 16.9. The van der Waals surface area contributed by atoms with E-state index in [1.807, 2.05) is 14.0 Å². The number of nitrogens with one attached hydrogen (secondary N) is 1. The van der Waals surface area contributed by atoms with Gasteiger partial charge in [-0.25, -0.2) is 0 Å². The van der Waals surface area contributed by atoms with Crippen molar-refractivity contribution in [2.75, 3.05) is 19.0 Å². The molecule has 1 N–H and O–H groups in total. The fourth-order valence-corrected chi connectivity index (χ4v) is 3.27. The minimum absolute atomic E-state index is 0.107. The van der Waals surface area contributed by atoms with E-state index in [-0.39, 0.29) is 5.91 Å². The first-order valence-electron chi connectivity index (χ1n) is 8.71. The number of hydrogen-bond donors (Lipinski definition) is 1. The van der Waals surface area contributed by atoms with Crippen molar-refractivity contribution in [3.05, 3.63) is 70.8 Å². The van der Waals surface area contributed by atoms with Crippen LogP contribution in [0, 0.1) is 13.8 Å². The van der Waals surface area contributed by atoms with Crippen LogP contribution in [0.25, 0.3) is 5.57 Å². The summed E-state index contributed by atoms with van der Waals surface area (Å²) in [6.07, 6.45) is 1.63. The van der Waals surface area contributed by atoms with Gasteiger partial charge in [0.05, 0.1) is 5.69 Å². The van der Waals surface area contributed by atoms with Gasteiger partial charge in [-0.2, -0.15) is 0 Å². The maximum atomic E-state index is 11.7. The third-order valence-corrected chi connectivity index (χ3v) is 5.20. The van der Waals surface area contributed by atoms with Gasteiger partial charge < -0.3 is 10.2 Å². The number of carbonyl (C=O) groups is 1. The molecular formula is C22H29N3O. The van der Waals surface area contributed by atoms with E-state index < -0.39 is 0 Å². The van der Waals surface area contributed by atoms with E-state index in [1.165, 1.54) is 0 Å². The Hall–Kier alpha value is -2.75. The molecule has 0 saturated carbocycles. The first kappa shape index (κ1) is 19.6. The summed E-state index contributed by atoms with van der Waals surface area (Å²) in [7, 11) is 3.65. The molecule has 2 rings (SSSR count). The highest BCUT2D eigenvalue weighted by Gasteiger charge is 2.27. The van der Waals surface area contributed by atoms with E-state index in [0.717, 1.165) is 50.7 Å². The number of likely N-dealkylation sites (N-methyl/N-ethyl adjacent to an activating group) is 1. The Kier molecular flexibility index (Phi) is 5.45. The van der Waals surface area contributed by atoms with Crippen molar-refractivity contribution in [3.8, 4) is 0 Å². The predicted octanol–water partition coefficient (Wildman–Crippen LogP) is 4.48. The Balaban J connectivity index is 2.63. The van der Waals surface area contributed by atoms with Gasteiger partial charge in [0, 0.05) is 31.6 Å². The second-order valence-corrected chi connectivity index (χ2v) is 6.86. The molecule has 0 saturated heterocycles. The summed E-state index contributed by atoms with van der Waals surface area (Å²) < 4.78 is 0. The quantitative estimate of drug-likeness (QED) is 0.816. The molecule has 0 aromatic heterocycles. The van der Waals surface area contributed by atoms with Crippen molar-refractivity contribution in [3.63, 3.8) is 0 Å². The number of carbonyl (C=O) groups excluding carboxylic acids is 1. The van der Waals surface area contributed by atoms with Crippen molar-refractivity contribution >= 4 is 17.2 Å². The largest absolute Gasteiger partial charge is 0.356 e. The number of anilines is 1. The van der Waals surface area contributed by atoms with E-state index in [9.17, 15) is 4.79 Å². The molecule has 1 aliphatic heterocycles. The van der Waals surface area contributed by atoms with E-state index in [1.54, 1.807) is 13.1 Å². The first-order valence-corrected chi connectivity index (χ1v) is 8.71. The number of aryl methyl sites for hydroxylation is 2. The molecule has 1 aliphatic rings. The summed E-state index contributed by atoms with van der Waals surface area (Å²) in [5.41, 5.74) is 8.49. The monoisotopic (exact) mass is 351 g/mol. The van der Waals surface area contributed by atoms with E-state index in [2.05, 4.69) is 68.1 Å². The minimum atomic E-state index is -0.107. The number of hydrogen-bond acceptors (Lipinski definition) is 3. The van der Waals surface area contributed by atoms with Crippen LogP contribution in [0.1, 0.15) is 37.5 Å². The highest BCUT2D eigenvalue weighted by molar-refractivity contribution is 5.95. The molecule has 0 radical (unpaired) electrons. The lowest BCUT2D eigenvalue weighted by atomic mass is 9.96. The van der Waals surface area contributed by atoms with E-state index in [4.69, 9.17) is 0 Å². The maximum Gasteiger partial charge on any atom is 0.244 e. The predicted molar refractivity (Wildman–Crippen MR) is 111 cm³/mol. The van der Waals surface area contributed by atoms with Gasteiger partial charge in [0.25, 0.3) is 0 Å². The highest BCUT2D eigenvalue weighted by atomic mass is 16.1. The van der Waals surface area contributed by atoms with Crippen LogP contribution in [-0.4, -0.2) is 24.9 Å². The molecule has 1 aromatic rings. The van der Waals surface area contributed by atoms with Gasteiger partial charge >= 0.3 is 0 Å². The van der Waals surface area contributed by atoms with Gasteiger partial charge in [-0.3, -0.25) is 9.69 Å². The Morgan fingerprint density at radius 3 is 2.31 bits per heavy atom. The van der Waals surface area contributed by atoms with Crippen LogP contribution < -0.4 is 10.2 Å². The second-order valence-electron chi connectivity index (χ2n) is 6.86. The van der Waals surface area contributed by atoms with Gasteiger partial charge in [0.15, 0.2) is 0 Å². The Labute approximate surface area is 157 Å². The Morgan fingerprint density at radius 1 is 1.12 bits per heavy atom. The van der Waals surface area contributed by atoms with Crippen LogP contribution in [0.5, 0.6) is 0 Å². The average molecular weight is 351 g/mol. The van der Waals surface area contributed by atoms with Crippen LogP contribution in [-0.2, 0) is 4.79 Å². The molecule has 0 bridgehead atoms. The number of rotatable bonds is 3. The Morgan fingerprint density at radius 2 is 1.73 bits per heavy atom. The molecule has 0 atom stereocenters. The number of amides is 1. The van der Waals surface area contributed by atoms with Crippen LogP contribution in [0.2, 0.25) is 0 Å². The summed E-state index contributed by atoms with van der Waals surface area (Å²) in [4.78, 5) is 15.9. The van der Waals surface area contributed by atoms with Gasteiger partial charge in [-0.05, 0) is 68.5 Å². The van der Waals surface area contributed by atoms with Crippen molar-refractivity contribution in [2.24, 2.45) is 0 Å². The highest BCUT2D eigenvalue weighted by Crippen LogP contribution is 2.38. The molecule has 0 spiro atoms. The minimum Gasteiger partial charge on any atom is -0.356 e. The molecule has 4 heteroatoms. The number of nitrogens with zero attached hydrogens (tertiary/aromatic N) is 2. The molecule has 0 aliphatic carbocycles. The topological polar surface area (TPSA) is 35.6 Å². The molecular weight excluding hydrogens is 322 g/mol. The van der Waals surface area contributed by atoms with Crippen molar-refractivity contribution in [1.82, 2.24) is 10.2 Å². The summed E-state index contributed by atoms with van der Waals surface area (Å²) in [5.74, 6) is 0.758.